The summed E-state index contributed by atoms with van der Waals surface area (Å²) < 4.78 is 0. The highest BCUT2D eigenvalue weighted by atomic mass is 16.4. The molecule has 4 aliphatic carbocycles. The summed E-state index contributed by atoms with van der Waals surface area (Å²) in [6.45, 7) is 7.53. The molecular weight excluding hydrogens is 458 g/mol. The lowest BCUT2D eigenvalue weighted by Crippen LogP contribution is -2.64. The Bertz CT molecular complexity index is 805. The molecular formula is C29H49NO6. The third-order valence-corrected chi connectivity index (χ3v) is 11.5. The summed E-state index contributed by atoms with van der Waals surface area (Å²) in [7, 11) is 0. The van der Waals surface area contributed by atoms with Gasteiger partial charge in [0.05, 0.1) is 18.3 Å². The summed E-state index contributed by atoms with van der Waals surface area (Å²) >= 11 is 0. The molecule has 7 heteroatoms. The molecule has 0 aliphatic heterocycles. The van der Waals surface area contributed by atoms with Gasteiger partial charge in [-0.3, -0.25) is 9.59 Å². The first-order chi connectivity index (χ1) is 17.0. The van der Waals surface area contributed by atoms with Gasteiger partial charge in [0.15, 0.2) is 0 Å². The van der Waals surface area contributed by atoms with Gasteiger partial charge in [-0.05, 0) is 111 Å². The van der Waals surface area contributed by atoms with Crippen molar-refractivity contribution in [2.24, 2.45) is 46.3 Å². The van der Waals surface area contributed by atoms with Crippen LogP contribution in [0.2, 0.25) is 0 Å². The number of nitrogens with one attached hydrogen (secondary N) is 1. The van der Waals surface area contributed by atoms with E-state index >= 15 is 0 Å². The molecule has 0 spiro atoms. The van der Waals surface area contributed by atoms with E-state index in [0.717, 1.165) is 44.9 Å². The monoisotopic (exact) mass is 507 g/mol. The van der Waals surface area contributed by atoms with E-state index in [9.17, 15) is 24.9 Å². The quantitative estimate of drug-likeness (QED) is 0.303. The van der Waals surface area contributed by atoms with E-state index in [2.05, 4.69) is 26.1 Å². The topological polar surface area (TPSA) is 127 Å². The molecule has 0 bridgehead atoms. The fourth-order valence-electron chi connectivity index (χ4n) is 9.49. The standard InChI is InChI=1S/C29H49NO6/c1-17(7-10-23(32)30-15-5-4-6-24(33)34)19-8-9-20-25-21(12-14-28(19,20)2)29(3)13-11-18(31)16-22(29)26(35)27(25)36/h17-22,25-27,31,35-36H,4-16H2,1-3H3,(H,30,32)(H,33,34)/t17-,18-,19-,20+,21+,22+,25+,26+,27+,28-,29-/m0/s1. The summed E-state index contributed by atoms with van der Waals surface area (Å²) in [6.07, 6.45) is 7.62. The second-order valence-electron chi connectivity index (χ2n) is 13.3. The number of hydrogen-bond acceptors (Lipinski definition) is 5. The van der Waals surface area contributed by atoms with Crippen molar-refractivity contribution >= 4 is 11.9 Å². The van der Waals surface area contributed by atoms with Crippen LogP contribution < -0.4 is 5.32 Å². The van der Waals surface area contributed by atoms with Gasteiger partial charge in [0.1, 0.15) is 0 Å². The van der Waals surface area contributed by atoms with Gasteiger partial charge in [-0.15, -0.1) is 0 Å². The number of carbonyl (C=O) groups is 2. The molecule has 0 unspecified atom stereocenters. The number of aliphatic hydroxyl groups excluding tert-OH is 3. The van der Waals surface area contributed by atoms with Crippen molar-refractivity contribution < 1.29 is 30.0 Å². The minimum absolute atomic E-state index is 0.0177. The van der Waals surface area contributed by atoms with E-state index < -0.39 is 18.2 Å². The normalized spacial score (nSPS) is 44.7. The molecule has 1 amide bonds. The molecule has 0 heterocycles. The Labute approximate surface area is 216 Å². The van der Waals surface area contributed by atoms with Crippen LogP contribution in [-0.2, 0) is 9.59 Å². The molecule has 0 radical (unpaired) electrons. The Balaban J connectivity index is 1.36. The summed E-state index contributed by atoms with van der Waals surface area (Å²) in [5.41, 5.74) is 0.0993. The van der Waals surface area contributed by atoms with Crippen LogP contribution in [0.15, 0.2) is 0 Å². The fraction of sp³-hybridized carbons (Fsp3) is 0.931. The molecule has 5 N–H and O–H groups in total. The zero-order valence-corrected chi connectivity index (χ0v) is 22.5. The molecule has 4 saturated carbocycles. The van der Waals surface area contributed by atoms with E-state index in [1.165, 1.54) is 0 Å². The summed E-state index contributed by atoms with van der Waals surface area (Å²) in [5.74, 6) is 1.04. The predicted molar refractivity (Wildman–Crippen MR) is 137 cm³/mol. The van der Waals surface area contributed by atoms with Crippen molar-refractivity contribution in [3.05, 3.63) is 0 Å². The van der Waals surface area contributed by atoms with Gasteiger partial charge in [0, 0.05) is 19.4 Å². The number of aliphatic hydroxyl groups is 3. The second-order valence-corrected chi connectivity index (χ2v) is 13.3. The number of carbonyl (C=O) groups excluding carboxylic acids is 1. The lowest BCUT2D eigenvalue weighted by atomic mass is 9.43. The average molecular weight is 508 g/mol. The van der Waals surface area contributed by atoms with Crippen LogP contribution in [-0.4, -0.2) is 57.2 Å². The van der Waals surface area contributed by atoms with E-state index in [4.69, 9.17) is 5.11 Å². The second kappa shape index (κ2) is 10.9. The van der Waals surface area contributed by atoms with Crippen molar-refractivity contribution in [1.29, 1.82) is 0 Å². The highest BCUT2D eigenvalue weighted by Crippen LogP contribution is 2.68. The third kappa shape index (κ3) is 5.09. The molecule has 0 saturated heterocycles. The van der Waals surface area contributed by atoms with E-state index in [1.807, 2.05) is 0 Å². The zero-order chi connectivity index (χ0) is 26.3. The Hall–Kier alpha value is -1.18. The Morgan fingerprint density at radius 1 is 0.889 bits per heavy atom. The van der Waals surface area contributed by atoms with E-state index in [0.29, 0.717) is 55.9 Å². The zero-order valence-electron chi connectivity index (χ0n) is 22.5. The summed E-state index contributed by atoms with van der Waals surface area (Å²) in [5, 5.41) is 44.6. The van der Waals surface area contributed by atoms with Crippen LogP contribution in [0.3, 0.4) is 0 Å². The van der Waals surface area contributed by atoms with Crippen molar-refractivity contribution in [1.82, 2.24) is 5.32 Å². The van der Waals surface area contributed by atoms with Gasteiger partial charge in [0.25, 0.3) is 0 Å². The number of rotatable bonds is 9. The first-order valence-electron chi connectivity index (χ1n) is 14.5. The van der Waals surface area contributed by atoms with Gasteiger partial charge in [-0.25, -0.2) is 0 Å². The number of carboxylic acids is 1. The lowest BCUT2D eigenvalue weighted by molar-refractivity contribution is -0.223. The Morgan fingerprint density at radius 2 is 1.58 bits per heavy atom. The maximum atomic E-state index is 12.4. The molecule has 0 aromatic carbocycles. The minimum atomic E-state index is -0.797. The number of fused-ring (bicyclic) bond motifs is 5. The Morgan fingerprint density at radius 3 is 2.31 bits per heavy atom. The molecule has 0 aromatic heterocycles. The largest absolute Gasteiger partial charge is 0.481 e. The Kier molecular flexibility index (Phi) is 8.43. The predicted octanol–water partition coefficient (Wildman–Crippen LogP) is 3.74. The molecule has 11 atom stereocenters. The van der Waals surface area contributed by atoms with Crippen molar-refractivity contribution in [2.75, 3.05) is 6.54 Å². The molecule has 7 nitrogen and oxygen atoms in total. The van der Waals surface area contributed by atoms with Crippen LogP contribution in [0.1, 0.15) is 97.8 Å². The molecule has 4 rings (SSSR count). The number of amides is 1. The maximum absolute atomic E-state index is 12.4. The molecule has 0 aromatic rings. The number of aliphatic carboxylic acids is 1. The molecule has 4 fully saturated rings. The first kappa shape index (κ1) is 27.8. The molecule has 4 aliphatic rings. The van der Waals surface area contributed by atoms with Crippen LogP contribution in [0.4, 0.5) is 0 Å². The maximum Gasteiger partial charge on any atom is 0.303 e. The van der Waals surface area contributed by atoms with Gasteiger partial charge >= 0.3 is 5.97 Å². The van der Waals surface area contributed by atoms with Crippen LogP contribution in [0.5, 0.6) is 0 Å². The third-order valence-electron chi connectivity index (χ3n) is 11.5. The SMILES string of the molecule is C[C@@H](CCC(=O)NCCCCC(=O)O)[C@@H]1CC[C@@H]2[C@H]3[C@@H](O)[C@H](O)[C@H]4C[C@@H](O)CC[C@@]4(C)[C@@H]3CC[C@]21C. The fourth-order valence-corrected chi connectivity index (χ4v) is 9.49. The highest BCUT2D eigenvalue weighted by molar-refractivity contribution is 5.75. The summed E-state index contributed by atoms with van der Waals surface area (Å²) in [4.78, 5) is 23.0. The smallest absolute Gasteiger partial charge is 0.303 e. The van der Waals surface area contributed by atoms with Gasteiger partial charge in [0.2, 0.25) is 5.91 Å². The molecule has 206 valence electrons. The van der Waals surface area contributed by atoms with Crippen molar-refractivity contribution in [3.8, 4) is 0 Å². The average Bonchev–Trinajstić information content (AvgIpc) is 3.18. The van der Waals surface area contributed by atoms with E-state index in [1.54, 1.807) is 0 Å². The highest BCUT2D eigenvalue weighted by Gasteiger charge is 2.65. The minimum Gasteiger partial charge on any atom is -0.481 e. The van der Waals surface area contributed by atoms with E-state index in [-0.39, 0.29) is 41.1 Å². The van der Waals surface area contributed by atoms with Crippen molar-refractivity contribution in [3.63, 3.8) is 0 Å². The van der Waals surface area contributed by atoms with Gasteiger partial charge in [-0.1, -0.05) is 20.8 Å². The number of hydrogen-bond donors (Lipinski definition) is 5. The number of carboxylic acid groups (broad SMARTS) is 1. The van der Waals surface area contributed by atoms with Gasteiger partial charge in [-0.2, -0.15) is 0 Å². The lowest BCUT2D eigenvalue weighted by Gasteiger charge is -2.63. The van der Waals surface area contributed by atoms with Crippen LogP contribution >= 0.6 is 0 Å². The van der Waals surface area contributed by atoms with Crippen LogP contribution in [0, 0.1) is 46.3 Å². The summed E-state index contributed by atoms with van der Waals surface area (Å²) in [6, 6.07) is 0. The van der Waals surface area contributed by atoms with Crippen molar-refractivity contribution in [2.45, 2.75) is 116 Å². The van der Waals surface area contributed by atoms with Gasteiger partial charge < -0.3 is 25.7 Å². The first-order valence-corrected chi connectivity index (χ1v) is 14.5. The number of unbranched alkanes of at least 4 members (excludes halogenated alkanes) is 1. The van der Waals surface area contributed by atoms with Crippen LogP contribution in [0.25, 0.3) is 0 Å². The molecule has 36 heavy (non-hydrogen) atoms.